The molecule has 6 N–H and O–H groups in total. The topological polar surface area (TPSA) is 151 Å². The molecule has 0 saturated heterocycles. The fraction of sp³-hybridized carbons (Fsp3) is 0.816. The molecule has 0 aromatic rings. The van der Waals surface area contributed by atoms with Crippen LogP contribution in [0.5, 0.6) is 0 Å². The van der Waals surface area contributed by atoms with Crippen molar-refractivity contribution in [2.24, 2.45) is 5.73 Å². The molecule has 0 radical (unpaired) electrons. The summed E-state index contributed by atoms with van der Waals surface area (Å²) >= 11 is 0. The van der Waals surface area contributed by atoms with Crippen molar-refractivity contribution in [1.82, 2.24) is 5.32 Å². The number of nitrogens with one attached hydrogen (secondary N) is 1. The standard InChI is InChI=1S/C38H73N2O7P/c1-3-5-7-9-11-13-14-15-16-17-18-19-20-21-22-24-26-28-30-37(42)36(34-47-48(44,45)46-32-31-39)40-38(43)33-35(41)29-27-25-23-12-10-8-6-4-2/h10,12,21-22,28,30,35-37,41-42H,3-9,11,13-20,23-27,29,31-34,39H2,1-2H3,(H,40,43)(H,44,45)/b12-10-,22-21+,30-28+. The Kier molecular flexibility index (Phi) is 33.2. The number of rotatable bonds is 35. The van der Waals surface area contributed by atoms with E-state index in [1.54, 1.807) is 6.08 Å². The first-order chi connectivity index (χ1) is 23.3. The lowest BCUT2D eigenvalue weighted by atomic mass is 10.0. The lowest BCUT2D eigenvalue weighted by Gasteiger charge is -2.24. The van der Waals surface area contributed by atoms with E-state index in [0.29, 0.717) is 12.8 Å². The third-order valence-electron chi connectivity index (χ3n) is 8.24. The molecule has 0 rings (SSSR count). The van der Waals surface area contributed by atoms with Gasteiger partial charge in [0.15, 0.2) is 0 Å². The number of unbranched alkanes of at least 4 members (excludes halogenated alkanes) is 17. The molecular weight excluding hydrogens is 627 g/mol. The highest BCUT2D eigenvalue weighted by Crippen LogP contribution is 2.43. The van der Waals surface area contributed by atoms with Gasteiger partial charge in [-0.3, -0.25) is 13.8 Å². The third kappa shape index (κ3) is 31.9. The Balaban J connectivity index is 4.45. The second kappa shape index (κ2) is 34.1. The quantitative estimate of drug-likeness (QED) is 0.0250. The summed E-state index contributed by atoms with van der Waals surface area (Å²) in [5.74, 6) is -0.473. The Bertz CT molecular complexity index is 868. The molecule has 9 nitrogen and oxygen atoms in total. The zero-order chi connectivity index (χ0) is 35.6. The molecule has 282 valence electrons. The molecule has 0 aromatic heterocycles. The highest BCUT2D eigenvalue weighted by molar-refractivity contribution is 7.47. The molecule has 0 bridgehead atoms. The van der Waals surface area contributed by atoms with Crippen molar-refractivity contribution in [3.63, 3.8) is 0 Å². The van der Waals surface area contributed by atoms with E-state index in [4.69, 9.17) is 14.8 Å². The summed E-state index contributed by atoms with van der Waals surface area (Å²) in [7, 11) is -4.40. The van der Waals surface area contributed by atoms with Crippen molar-refractivity contribution in [2.75, 3.05) is 19.8 Å². The maximum atomic E-state index is 12.7. The van der Waals surface area contributed by atoms with Crippen molar-refractivity contribution in [2.45, 2.75) is 180 Å². The minimum atomic E-state index is -4.40. The molecular formula is C38H73N2O7P. The number of hydrogen-bond donors (Lipinski definition) is 5. The molecule has 0 fully saturated rings. The summed E-state index contributed by atoms with van der Waals surface area (Å²) in [4.78, 5) is 22.6. The van der Waals surface area contributed by atoms with E-state index in [2.05, 4.69) is 43.5 Å². The first-order valence-corrected chi connectivity index (χ1v) is 20.7. The number of phosphoric ester groups is 1. The smallest absolute Gasteiger partial charge is 0.393 e. The zero-order valence-electron chi connectivity index (χ0n) is 30.6. The summed E-state index contributed by atoms with van der Waals surface area (Å²) in [6.45, 7) is 3.86. The van der Waals surface area contributed by atoms with Gasteiger partial charge in [-0.2, -0.15) is 0 Å². The van der Waals surface area contributed by atoms with Gasteiger partial charge in [-0.15, -0.1) is 0 Å². The second-order valence-electron chi connectivity index (χ2n) is 13.0. The van der Waals surface area contributed by atoms with E-state index in [1.807, 2.05) is 6.08 Å². The number of nitrogens with two attached hydrogens (primary N) is 1. The average molecular weight is 701 g/mol. The Labute approximate surface area is 293 Å². The largest absolute Gasteiger partial charge is 0.472 e. The van der Waals surface area contributed by atoms with Gasteiger partial charge in [-0.05, 0) is 51.4 Å². The van der Waals surface area contributed by atoms with Gasteiger partial charge in [-0.25, -0.2) is 4.57 Å². The third-order valence-corrected chi connectivity index (χ3v) is 9.23. The maximum absolute atomic E-state index is 12.7. The van der Waals surface area contributed by atoms with Gasteiger partial charge in [0.25, 0.3) is 0 Å². The van der Waals surface area contributed by atoms with E-state index in [1.165, 1.54) is 89.9 Å². The lowest BCUT2D eigenvalue weighted by molar-refractivity contribution is -0.124. The van der Waals surface area contributed by atoms with Crippen molar-refractivity contribution in [3.05, 3.63) is 36.5 Å². The number of hydrogen-bond acceptors (Lipinski definition) is 7. The van der Waals surface area contributed by atoms with Gasteiger partial charge >= 0.3 is 7.82 Å². The van der Waals surface area contributed by atoms with Crippen LogP contribution in [0.25, 0.3) is 0 Å². The zero-order valence-corrected chi connectivity index (χ0v) is 31.5. The predicted octanol–water partition coefficient (Wildman–Crippen LogP) is 8.97. The van der Waals surface area contributed by atoms with E-state index >= 15 is 0 Å². The van der Waals surface area contributed by atoms with Gasteiger partial charge in [0.05, 0.1) is 37.9 Å². The fourth-order valence-electron chi connectivity index (χ4n) is 5.29. The van der Waals surface area contributed by atoms with Gasteiger partial charge in [0.1, 0.15) is 0 Å². The predicted molar refractivity (Wildman–Crippen MR) is 200 cm³/mol. The van der Waals surface area contributed by atoms with Crippen LogP contribution in [-0.4, -0.2) is 59.0 Å². The van der Waals surface area contributed by atoms with Gasteiger partial charge in [-0.1, -0.05) is 140 Å². The molecule has 0 aromatic carbocycles. The van der Waals surface area contributed by atoms with E-state index in [0.717, 1.165) is 38.5 Å². The minimum absolute atomic E-state index is 0.0419. The first kappa shape index (κ1) is 46.7. The van der Waals surface area contributed by atoms with Crippen LogP contribution < -0.4 is 11.1 Å². The SMILES string of the molecule is CCCC/C=C\CCCCC(O)CC(=O)NC(COP(=O)(O)OCCN)C(O)/C=C/CC/C=C/CCCCCCCCCCCCCC. The van der Waals surface area contributed by atoms with Gasteiger partial charge < -0.3 is 26.2 Å². The molecule has 0 saturated carbocycles. The molecule has 4 unspecified atom stereocenters. The van der Waals surface area contributed by atoms with Crippen LogP contribution in [0.4, 0.5) is 0 Å². The number of phosphoric acid groups is 1. The van der Waals surface area contributed by atoms with Crippen LogP contribution in [0.1, 0.15) is 162 Å². The molecule has 0 spiro atoms. The summed E-state index contributed by atoms with van der Waals surface area (Å²) in [5.41, 5.74) is 5.33. The van der Waals surface area contributed by atoms with Crippen LogP contribution in [0.2, 0.25) is 0 Å². The Morgan fingerprint density at radius 2 is 1.21 bits per heavy atom. The number of aliphatic hydroxyl groups excluding tert-OH is 2. The van der Waals surface area contributed by atoms with Crippen LogP contribution in [0.3, 0.4) is 0 Å². The monoisotopic (exact) mass is 701 g/mol. The lowest BCUT2D eigenvalue weighted by Crippen LogP contribution is -2.46. The molecule has 0 aliphatic carbocycles. The van der Waals surface area contributed by atoms with Gasteiger partial charge in [0.2, 0.25) is 5.91 Å². The van der Waals surface area contributed by atoms with Crippen LogP contribution >= 0.6 is 7.82 Å². The van der Waals surface area contributed by atoms with Crippen molar-refractivity contribution in [3.8, 4) is 0 Å². The highest BCUT2D eigenvalue weighted by Gasteiger charge is 2.27. The molecule has 10 heteroatoms. The molecule has 4 atom stereocenters. The molecule has 0 aliphatic heterocycles. The molecule has 48 heavy (non-hydrogen) atoms. The van der Waals surface area contributed by atoms with Crippen LogP contribution in [0, 0.1) is 0 Å². The summed E-state index contributed by atoms with van der Waals surface area (Å²) < 4.78 is 21.9. The van der Waals surface area contributed by atoms with E-state index < -0.39 is 38.6 Å². The van der Waals surface area contributed by atoms with Crippen molar-refractivity contribution in [1.29, 1.82) is 0 Å². The number of amides is 1. The maximum Gasteiger partial charge on any atom is 0.472 e. The number of aliphatic hydroxyl groups is 2. The normalized spacial score (nSPS) is 15.4. The average Bonchev–Trinajstić information content (AvgIpc) is 3.06. The Morgan fingerprint density at radius 3 is 1.79 bits per heavy atom. The number of allylic oxidation sites excluding steroid dienone is 5. The molecule has 0 heterocycles. The van der Waals surface area contributed by atoms with Crippen LogP contribution in [0.15, 0.2) is 36.5 Å². The number of carbonyl (C=O) groups excluding carboxylic acids is 1. The minimum Gasteiger partial charge on any atom is -0.393 e. The Hall–Kier alpha value is -1.32. The summed E-state index contributed by atoms with van der Waals surface area (Å²) in [6, 6.07) is -1.00. The van der Waals surface area contributed by atoms with Gasteiger partial charge in [0, 0.05) is 6.54 Å². The molecule has 0 aliphatic rings. The first-order valence-electron chi connectivity index (χ1n) is 19.2. The van der Waals surface area contributed by atoms with E-state index in [-0.39, 0.29) is 19.6 Å². The van der Waals surface area contributed by atoms with Crippen molar-refractivity contribution >= 4 is 13.7 Å². The number of carbonyl (C=O) groups is 1. The summed E-state index contributed by atoms with van der Waals surface area (Å²) in [5, 5.41) is 23.8. The highest BCUT2D eigenvalue weighted by atomic mass is 31.2. The fourth-order valence-corrected chi connectivity index (χ4v) is 6.05. The second-order valence-corrected chi connectivity index (χ2v) is 14.4. The summed E-state index contributed by atoms with van der Waals surface area (Å²) in [6.07, 6.45) is 35.4. The van der Waals surface area contributed by atoms with E-state index in [9.17, 15) is 24.5 Å². The van der Waals surface area contributed by atoms with Crippen molar-refractivity contribution < 1.29 is 33.5 Å². The Morgan fingerprint density at radius 1 is 0.708 bits per heavy atom. The molecule has 1 amide bonds. The van der Waals surface area contributed by atoms with Crippen LogP contribution in [-0.2, 0) is 18.4 Å².